The Balaban J connectivity index is 1.57. The zero-order chi connectivity index (χ0) is 18.4. The summed E-state index contributed by atoms with van der Waals surface area (Å²) in [7, 11) is 0. The topological polar surface area (TPSA) is 60.9 Å². The molecule has 27 heavy (non-hydrogen) atoms. The number of fused-ring (bicyclic) bond motifs is 1. The average Bonchev–Trinajstić information content (AvgIpc) is 3.43. The molecule has 1 fully saturated rings. The van der Waals surface area contributed by atoms with Crippen molar-refractivity contribution in [2.45, 2.75) is 28.9 Å². The molecule has 0 N–H and O–H groups in total. The number of aromatic nitrogens is 3. The molecule has 5 rings (SSSR count). The minimum Gasteiger partial charge on any atom is -0.422 e. The van der Waals surface area contributed by atoms with Crippen molar-refractivity contribution < 1.29 is 4.42 Å². The lowest BCUT2D eigenvalue weighted by Crippen LogP contribution is -2.04. The molecule has 0 spiro atoms. The van der Waals surface area contributed by atoms with E-state index in [4.69, 9.17) is 4.42 Å². The van der Waals surface area contributed by atoms with E-state index in [9.17, 15) is 4.79 Å². The third kappa shape index (κ3) is 3.21. The van der Waals surface area contributed by atoms with Gasteiger partial charge in [-0.05, 0) is 48.9 Å². The minimum absolute atomic E-state index is 0.353. The van der Waals surface area contributed by atoms with Crippen LogP contribution in [0.5, 0.6) is 0 Å². The standard InChI is InChI=1S/C20H14BrN3O2S/c21-14-7-5-12(6-8-14)18-22-23-20(24(18)15-9-10-15)27-17-11-13-3-1-2-4-16(13)26-19(17)25/h1-8,11,15H,9-10H2. The number of halogens is 1. The lowest BCUT2D eigenvalue weighted by Gasteiger charge is -2.08. The van der Waals surface area contributed by atoms with Gasteiger partial charge in [0, 0.05) is 21.5 Å². The number of nitrogens with zero attached hydrogens (tertiary/aromatic N) is 3. The second-order valence-corrected chi connectivity index (χ2v) is 8.38. The summed E-state index contributed by atoms with van der Waals surface area (Å²) in [5.41, 5.74) is 1.25. The van der Waals surface area contributed by atoms with Gasteiger partial charge in [0.25, 0.3) is 0 Å². The second-order valence-electron chi connectivity index (χ2n) is 6.45. The molecule has 7 heteroatoms. The first-order valence-electron chi connectivity index (χ1n) is 8.60. The molecule has 0 saturated heterocycles. The summed E-state index contributed by atoms with van der Waals surface area (Å²) in [6.45, 7) is 0. The van der Waals surface area contributed by atoms with Crippen LogP contribution in [0.25, 0.3) is 22.4 Å². The van der Waals surface area contributed by atoms with Gasteiger partial charge < -0.3 is 4.42 Å². The Morgan fingerprint density at radius 2 is 1.85 bits per heavy atom. The van der Waals surface area contributed by atoms with E-state index >= 15 is 0 Å². The summed E-state index contributed by atoms with van der Waals surface area (Å²) in [6.07, 6.45) is 2.20. The van der Waals surface area contributed by atoms with Crippen molar-refractivity contribution in [1.29, 1.82) is 0 Å². The molecule has 0 radical (unpaired) electrons. The summed E-state index contributed by atoms with van der Waals surface area (Å²) in [4.78, 5) is 12.9. The van der Waals surface area contributed by atoms with E-state index < -0.39 is 0 Å². The van der Waals surface area contributed by atoms with Gasteiger partial charge in [-0.25, -0.2) is 4.79 Å². The van der Waals surface area contributed by atoms with E-state index in [0.29, 0.717) is 16.5 Å². The van der Waals surface area contributed by atoms with Gasteiger partial charge >= 0.3 is 5.63 Å². The Morgan fingerprint density at radius 1 is 1.07 bits per heavy atom. The molecule has 0 bridgehead atoms. The van der Waals surface area contributed by atoms with Gasteiger partial charge in [0.1, 0.15) is 10.5 Å². The zero-order valence-corrected chi connectivity index (χ0v) is 16.5. The van der Waals surface area contributed by atoms with Crippen LogP contribution in [0.4, 0.5) is 0 Å². The molecular formula is C20H14BrN3O2S. The highest BCUT2D eigenvalue weighted by Gasteiger charge is 2.30. The normalized spacial score (nSPS) is 14.0. The highest BCUT2D eigenvalue weighted by molar-refractivity contribution is 9.10. The smallest absolute Gasteiger partial charge is 0.350 e. The molecule has 2 heterocycles. The largest absolute Gasteiger partial charge is 0.422 e. The van der Waals surface area contributed by atoms with Crippen LogP contribution in [-0.4, -0.2) is 14.8 Å². The van der Waals surface area contributed by atoms with Crippen LogP contribution in [0.3, 0.4) is 0 Å². The maximum absolute atomic E-state index is 12.4. The maximum Gasteiger partial charge on any atom is 0.350 e. The van der Waals surface area contributed by atoms with Crippen molar-refractivity contribution in [1.82, 2.24) is 14.8 Å². The molecular weight excluding hydrogens is 426 g/mol. The van der Waals surface area contributed by atoms with E-state index in [1.165, 1.54) is 11.8 Å². The van der Waals surface area contributed by atoms with Crippen molar-refractivity contribution in [3.8, 4) is 11.4 Å². The van der Waals surface area contributed by atoms with Crippen molar-refractivity contribution in [2.75, 3.05) is 0 Å². The molecule has 1 aliphatic rings. The van der Waals surface area contributed by atoms with Gasteiger partial charge in [-0.1, -0.05) is 46.3 Å². The molecule has 0 atom stereocenters. The van der Waals surface area contributed by atoms with E-state index in [-0.39, 0.29) is 5.63 Å². The van der Waals surface area contributed by atoms with Crippen molar-refractivity contribution in [3.63, 3.8) is 0 Å². The van der Waals surface area contributed by atoms with Crippen molar-refractivity contribution >= 4 is 38.7 Å². The highest BCUT2D eigenvalue weighted by atomic mass is 79.9. The van der Waals surface area contributed by atoms with E-state index in [1.54, 1.807) is 6.07 Å². The van der Waals surface area contributed by atoms with Crippen LogP contribution in [0.15, 0.2) is 78.3 Å². The summed E-state index contributed by atoms with van der Waals surface area (Å²) in [5, 5.41) is 10.4. The van der Waals surface area contributed by atoms with Gasteiger partial charge in [0.2, 0.25) is 0 Å². The lowest BCUT2D eigenvalue weighted by molar-refractivity contribution is 0.543. The molecule has 0 aliphatic heterocycles. The molecule has 0 unspecified atom stereocenters. The SMILES string of the molecule is O=c1oc2ccccc2cc1Sc1nnc(-c2ccc(Br)cc2)n1C1CC1. The fraction of sp³-hybridized carbons (Fsp3) is 0.150. The highest BCUT2D eigenvalue weighted by Crippen LogP contribution is 2.42. The van der Waals surface area contributed by atoms with Gasteiger partial charge in [-0.3, -0.25) is 4.57 Å². The van der Waals surface area contributed by atoms with Crippen LogP contribution < -0.4 is 5.63 Å². The van der Waals surface area contributed by atoms with Gasteiger partial charge in [0.15, 0.2) is 11.0 Å². The summed E-state index contributed by atoms with van der Waals surface area (Å²) < 4.78 is 8.61. The Bertz CT molecular complexity index is 1200. The molecule has 2 aromatic heterocycles. The number of para-hydroxylation sites is 1. The fourth-order valence-corrected chi connectivity index (χ4v) is 4.20. The average molecular weight is 440 g/mol. The number of hydrogen-bond donors (Lipinski definition) is 0. The Morgan fingerprint density at radius 3 is 2.63 bits per heavy atom. The molecule has 1 aliphatic carbocycles. The molecule has 5 nitrogen and oxygen atoms in total. The fourth-order valence-electron chi connectivity index (χ4n) is 3.02. The first-order chi connectivity index (χ1) is 13.2. The van der Waals surface area contributed by atoms with Gasteiger partial charge in [-0.15, -0.1) is 10.2 Å². The predicted molar refractivity (Wildman–Crippen MR) is 108 cm³/mol. The number of hydrogen-bond acceptors (Lipinski definition) is 5. The summed E-state index contributed by atoms with van der Waals surface area (Å²) in [6, 6.07) is 17.8. The second kappa shape index (κ2) is 6.65. The maximum atomic E-state index is 12.4. The van der Waals surface area contributed by atoms with Gasteiger partial charge in [0.05, 0.1) is 0 Å². The van der Waals surface area contributed by atoms with Crippen molar-refractivity contribution in [3.05, 3.63) is 69.5 Å². The first-order valence-corrected chi connectivity index (χ1v) is 10.2. The van der Waals surface area contributed by atoms with Crippen molar-refractivity contribution in [2.24, 2.45) is 0 Å². The van der Waals surface area contributed by atoms with Crippen LogP contribution in [-0.2, 0) is 0 Å². The third-order valence-electron chi connectivity index (χ3n) is 4.49. The van der Waals surface area contributed by atoms with Gasteiger partial charge in [-0.2, -0.15) is 0 Å². The molecule has 134 valence electrons. The molecule has 2 aromatic carbocycles. The monoisotopic (exact) mass is 439 g/mol. The zero-order valence-electron chi connectivity index (χ0n) is 14.1. The first kappa shape index (κ1) is 16.8. The van der Waals surface area contributed by atoms with Crippen LogP contribution in [0.1, 0.15) is 18.9 Å². The van der Waals surface area contributed by atoms with Crippen LogP contribution in [0.2, 0.25) is 0 Å². The quantitative estimate of drug-likeness (QED) is 0.403. The molecule has 0 amide bonds. The molecule has 1 saturated carbocycles. The summed E-state index contributed by atoms with van der Waals surface area (Å²) >= 11 is 4.78. The Hall–Kier alpha value is -2.38. The van der Waals surface area contributed by atoms with Crippen LogP contribution in [0, 0.1) is 0 Å². The van der Waals surface area contributed by atoms with Crippen LogP contribution >= 0.6 is 27.7 Å². The number of rotatable bonds is 4. The minimum atomic E-state index is -0.353. The molecule has 4 aromatic rings. The summed E-state index contributed by atoms with van der Waals surface area (Å²) in [5.74, 6) is 0.831. The Labute approximate surface area is 167 Å². The third-order valence-corrected chi connectivity index (χ3v) is 5.98. The van der Waals surface area contributed by atoms with E-state index in [0.717, 1.165) is 39.2 Å². The lowest BCUT2D eigenvalue weighted by atomic mass is 10.2. The Kier molecular flexibility index (Phi) is 4.13. The van der Waals surface area contributed by atoms with E-state index in [2.05, 4.69) is 30.7 Å². The number of benzene rings is 2. The predicted octanol–water partition coefficient (Wildman–Crippen LogP) is 5.30. The van der Waals surface area contributed by atoms with E-state index in [1.807, 2.05) is 48.5 Å².